The first-order chi connectivity index (χ1) is 46.4. The number of rotatable bonds is 33. The lowest BCUT2D eigenvalue weighted by Gasteiger charge is -2.33. The van der Waals surface area contributed by atoms with Crippen LogP contribution in [0.2, 0.25) is 0 Å². The van der Waals surface area contributed by atoms with E-state index in [1.165, 1.54) is 48.7 Å². The number of imidazole rings is 1. The van der Waals surface area contributed by atoms with Gasteiger partial charge in [0.2, 0.25) is 65.0 Å². The predicted octanol–water partition coefficient (Wildman–Crippen LogP) is -1.28. The number of hydrogen-bond acceptors (Lipinski definition) is 15. The van der Waals surface area contributed by atoms with E-state index >= 15 is 14.4 Å². The Morgan fingerprint density at radius 3 is 2.01 bits per heavy atom. The third kappa shape index (κ3) is 20.1. The zero-order valence-corrected chi connectivity index (χ0v) is 54.2. The lowest BCUT2D eigenvalue weighted by atomic mass is 9.98. The van der Waals surface area contributed by atoms with Crippen molar-refractivity contribution in [3.05, 3.63) is 132 Å². The summed E-state index contributed by atoms with van der Waals surface area (Å²) in [6.07, 6.45) is 4.93. The first-order valence-electron chi connectivity index (χ1n) is 32.1. The van der Waals surface area contributed by atoms with Gasteiger partial charge in [-0.25, -0.2) is 4.98 Å². The molecular formula is C67H85N17O13. The zero-order valence-electron chi connectivity index (χ0n) is 54.2. The van der Waals surface area contributed by atoms with Crippen LogP contribution in [0.1, 0.15) is 81.2 Å². The van der Waals surface area contributed by atoms with Gasteiger partial charge < -0.3 is 89.7 Å². The fourth-order valence-corrected chi connectivity index (χ4v) is 11.9. The minimum atomic E-state index is -1.79. The van der Waals surface area contributed by atoms with Crippen molar-refractivity contribution < 1.29 is 63.0 Å². The topological polar surface area (TPSA) is 466 Å². The maximum absolute atomic E-state index is 15.4. The number of nitrogens with zero attached hydrogens (tertiary/aromatic N) is 4. The van der Waals surface area contributed by atoms with Crippen LogP contribution in [0.25, 0.3) is 21.7 Å². The number of nitrogens with two attached hydrogens (primary N) is 3. The van der Waals surface area contributed by atoms with Crippen LogP contribution in [0.5, 0.6) is 5.75 Å². The number of likely N-dealkylation sites (N-methyl/N-ethyl adjacent to an activating group) is 1. The van der Waals surface area contributed by atoms with E-state index in [4.69, 9.17) is 17.2 Å². The number of guanidine groups is 1. The molecule has 30 nitrogen and oxygen atoms in total. The summed E-state index contributed by atoms with van der Waals surface area (Å²) in [6, 6.07) is 13.7. The number of para-hydroxylation sites is 1. The number of fused-ring (bicyclic) bond motifs is 2. The number of aliphatic imine (C=N–C) groups is 1. The van der Waals surface area contributed by atoms with Crippen LogP contribution >= 0.6 is 0 Å². The van der Waals surface area contributed by atoms with Gasteiger partial charge in [-0.3, -0.25) is 57.7 Å². The molecule has 97 heavy (non-hydrogen) atoms. The quantitative estimate of drug-likeness (QED) is 0.0130. The number of carbonyl (C=O) groups excluding carboxylic acids is 11. The van der Waals surface area contributed by atoms with Gasteiger partial charge in [0.25, 0.3) is 0 Å². The van der Waals surface area contributed by atoms with E-state index in [-0.39, 0.29) is 101 Å². The van der Waals surface area contributed by atoms with Crippen LogP contribution in [-0.2, 0) is 78.4 Å². The number of amides is 11. The van der Waals surface area contributed by atoms with Crippen LogP contribution in [0.3, 0.4) is 0 Å². The number of phenolic OH excluding ortho intramolecular Hbond substituents is 1. The minimum Gasteiger partial charge on any atom is -0.508 e. The molecule has 30 heteroatoms. The summed E-state index contributed by atoms with van der Waals surface area (Å²) in [7, 11) is 1.26. The Kier molecular flexibility index (Phi) is 25.2. The van der Waals surface area contributed by atoms with E-state index < -0.39 is 127 Å². The molecule has 2 saturated heterocycles. The second-order valence-electron chi connectivity index (χ2n) is 24.7. The highest BCUT2D eigenvalue weighted by molar-refractivity contribution is 6.00. The highest BCUT2D eigenvalue weighted by Crippen LogP contribution is 2.24. The number of nitrogens with one attached hydrogen (secondary N) is 10. The molecule has 2 aromatic heterocycles. The van der Waals surface area contributed by atoms with E-state index in [1.807, 2.05) is 56.3 Å². The van der Waals surface area contributed by atoms with E-state index in [1.54, 1.807) is 30.5 Å². The standard InChI is InChI=1S/C67H85N17O13/c1-37(2)26-49(59(90)77-48(14-8-24-72-67(69)70)66(97)84-25-9-15-54(84)63(94)74-34-56(68)87)78-60(91)50(28-39-16-19-40-10-4-5-11-41(40)27-39)81-64(95)55(29-38-17-20-44(86)21-18-38)83(3)65(96)53(35-85)82-61(92)51(30-42-32-73-46-13-7-6-12-45(42)46)79-62(93)52(31-43-33-71-36-75-43)80-58(89)47-22-23-57(88)76-47/h4-7,10-13,16-21,27,32-33,36-37,47-55,73,85-86H,8-9,14-15,22-26,28-31,34-35H2,1-3H3,(H2,68,87)(H,71,75)(H,74,94)(H,76,88)(H,77,90)(H,78,91)(H,79,93)(H,80,89)(H,81,95)(H,82,92)(H4,69,70,72)/t47-,48-,49-,50+,51-,52-,53-,54-,55-/m0/s1. The zero-order chi connectivity index (χ0) is 69.9. The summed E-state index contributed by atoms with van der Waals surface area (Å²) < 4.78 is 0. The molecule has 0 radical (unpaired) electrons. The molecule has 0 spiro atoms. The van der Waals surface area contributed by atoms with Crippen LogP contribution < -0.4 is 59.7 Å². The molecule has 11 amide bonds. The van der Waals surface area contributed by atoms with Crippen molar-refractivity contribution in [2.75, 3.05) is 33.3 Å². The average molecular weight is 1340 g/mol. The van der Waals surface area contributed by atoms with E-state index in [0.717, 1.165) is 15.7 Å². The monoisotopic (exact) mass is 1340 g/mol. The Bertz CT molecular complexity index is 3840. The largest absolute Gasteiger partial charge is 0.508 e. The van der Waals surface area contributed by atoms with Crippen molar-refractivity contribution in [2.24, 2.45) is 28.1 Å². The van der Waals surface area contributed by atoms with Crippen LogP contribution in [0.15, 0.2) is 115 Å². The van der Waals surface area contributed by atoms with Crippen LogP contribution in [0.4, 0.5) is 0 Å². The van der Waals surface area contributed by atoms with Gasteiger partial charge >= 0.3 is 0 Å². The van der Waals surface area contributed by atoms with Gasteiger partial charge in [0.05, 0.1) is 19.5 Å². The second-order valence-corrected chi connectivity index (χ2v) is 24.7. The fraction of sp³-hybridized carbons (Fsp3) is 0.418. The lowest BCUT2D eigenvalue weighted by Crippen LogP contribution is -2.62. The Balaban J connectivity index is 1.07. The summed E-state index contributed by atoms with van der Waals surface area (Å²) in [6.45, 7) is 2.36. The first-order valence-corrected chi connectivity index (χ1v) is 32.1. The average Bonchev–Trinajstić information content (AvgIpc) is 1.85. The van der Waals surface area contributed by atoms with Crippen molar-refractivity contribution in [3.63, 3.8) is 0 Å². The number of aromatic hydroxyl groups is 1. The van der Waals surface area contributed by atoms with Gasteiger partial charge in [0.15, 0.2) is 5.96 Å². The minimum absolute atomic E-state index is 0.00714. The number of hydrogen-bond donors (Lipinski definition) is 15. The molecular weight excluding hydrogens is 1250 g/mol. The Morgan fingerprint density at radius 2 is 1.34 bits per heavy atom. The Hall–Kier alpha value is -10.9. The lowest BCUT2D eigenvalue weighted by molar-refractivity contribution is -0.144. The molecule has 516 valence electrons. The molecule has 2 fully saturated rings. The first kappa shape index (κ1) is 71.9. The van der Waals surface area contributed by atoms with Crippen molar-refractivity contribution >= 4 is 92.6 Å². The predicted molar refractivity (Wildman–Crippen MR) is 356 cm³/mol. The molecule has 0 aliphatic carbocycles. The molecule has 2 aliphatic rings. The molecule has 0 saturated carbocycles. The Labute approximate surface area is 558 Å². The number of carbonyl (C=O) groups is 11. The smallest absolute Gasteiger partial charge is 0.247 e. The molecule has 2 aliphatic heterocycles. The molecule has 4 aromatic carbocycles. The molecule has 4 heterocycles. The summed E-state index contributed by atoms with van der Waals surface area (Å²) in [5.74, 6) is -8.86. The summed E-state index contributed by atoms with van der Waals surface area (Å²) in [5.41, 5.74) is 19.2. The molecule has 6 aromatic rings. The van der Waals surface area contributed by atoms with Gasteiger partial charge in [0, 0.05) is 81.2 Å². The van der Waals surface area contributed by atoms with Crippen LogP contribution in [-0.4, -0.2) is 194 Å². The van der Waals surface area contributed by atoms with E-state index in [2.05, 4.69) is 62.5 Å². The van der Waals surface area contributed by atoms with Gasteiger partial charge in [-0.1, -0.05) is 86.6 Å². The fourth-order valence-electron chi connectivity index (χ4n) is 11.9. The van der Waals surface area contributed by atoms with Crippen molar-refractivity contribution in [1.29, 1.82) is 0 Å². The van der Waals surface area contributed by atoms with Crippen molar-refractivity contribution in [2.45, 2.75) is 139 Å². The van der Waals surface area contributed by atoms with E-state index in [0.29, 0.717) is 39.7 Å². The molecule has 18 N–H and O–H groups in total. The molecule has 9 atom stereocenters. The Morgan fingerprint density at radius 1 is 0.701 bits per heavy atom. The van der Waals surface area contributed by atoms with Gasteiger partial charge in [-0.15, -0.1) is 0 Å². The normalized spacial score (nSPS) is 16.5. The number of likely N-dealkylation sites (tertiary alicyclic amines) is 1. The van der Waals surface area contributed by atoms with Gasteiger partial charge in [-0.05, 0) is 90.1 Å². The highest BCUT2D eigenvalue weighted by atomic mass is 16.3. The summed E-state index contributed by atoms with van der Waals surface area (Å²) >= 11 is 0. The maximum Gasteiger partial charge on any atom is 0.247 e. The SMILES string of the molecule is CC(C)C[C@H](NC(=O)[C@@H](Cc1ccc2ccccc2c1)NC(=O)[C@H](Cc1ccc(O)cc1)N(C)C(=O)[C@H](CO)NC(=O)[C@H](Cc1c[nH]c2ccccc12)NC(=O)[C@H](Cc1cnc[nH]1)NC(=O)[C@@H]1CCC(=O)N1)C(=O)N[C@@H](CCCN=C(N)N)C(=O)N1CCC[C@H]1C(=O)NCC(N)=O. The summed E-state index contributed by atoms with van der Waals surface area (Å²) in [4.78, 5) is 171. The van der Waals surface area contributed by atoms with Crippen molar-refractivity contribution in [1.82, 2.24) is 67.3 Å². The maximum atomic E-state index is 15.4. The highest BCUT2D eigenvalue weighted by Gasteiger charge is 2.41. The molecule has 0 bridgehead atoms. The van der Waals surface area contributed by atoms with Crippen molar-refractivity contribution in [3.8, 4) is 5.75 Å². The number of benzene rings is 4. The molecule has 0 unspecified atom stereocenters. The third-order valence-corrected chi connectivity index (χ3v) is 17.0. The second kappa shape index (κ2) is 34.0. The van der Waals surface area contributed by atoms with Gasteiger partial charge in [0.1, 0.15) is 60.1 Å². The number of primary amides is 1. The third-order valence-electron chi connectivity index (χ3n) is 17.0. The number of aliphatic hydroxyl groups is 1. The van der Waals surface area contributed by atoms with E-state index in [9.17, 15) is 48.6 Å². The number of aliphatic hydroxyl groups excluding tert-OH is 1. The number of aromatic amines is 2. The molecule has 8 rings (SSSR count). The van der Waals surface area contributed by atoms with Gasteiger partial charge in [-0.2, -0.15) is 0 Å². The number of aromatic nitrogens is 3. The number of phenols is 1. The number of H-pyrrole nitrogens is 2. The van der Waals surface area contributed by atoms with Crippen LogP contribution in [0, 0.1) is 5.92 Å². The summed E-state index contributed by atoms with van der Waals surface area (Å²) in [5, 5.41) is 45.3.